The molecule has 0 fully saturated rings. The van der Waals surface area contributed by atoms with Crippen LogP contribution >= 0.6 is 12.4 Å². The molecule has 0 amide bonds. The molecular formula is C19H24ClN. The fraction of sp³-hybridized carbons (Fsp3) is 0.368. The molecule has 3 rings (SSSR count). The predicted octanol–water partition coefficient (Wildman–Crippen LogP) is 4.32. The summed E-state index contributed by atoms with van der Waals surface area (Å²) >= 11 is 0. The number of nitrogens with one attached hydrogen (secondary N) is 1. The van der Waals surface area contributed by atoms with Crippen LogP contribution in [-0.4, -0.2) is 6.54 Å². The summed E-state index contributed by atoms with van der Waals surface area (Å²) in [6.45, 7) is 2.01. The second-order valence-corrected chi connectivity index (χ2v) is 5.72. The molecule has 0 saturated carbocycles. The van der Waals surface area contributed by atoms with Crippen LogP contribution in [0.25, 0.3) is 0 Å². The maximum absolute atomic E-state index is 3.53. The number of hydrogen-bond acceptors (Lipinski definition) is 1. The number of aryl methyl sites for hydroxylation is 2. The van der Waals surface area contributed by atoms with Crippen LogP contribution in [0.2, 0.25) is 0 Å². The normalized spacial score (nSPS) is 13.3. The van der Waals surface area contributed by atoms with Gasteiger partial charge in [0.1, 0.15) is 0 Å². The van der Waals surface area contributed by atoms with E-state index in [1.165, 1.54) is 36.8 Å². The van der Waals surface area contributed by atoms with Gasteiger partial charge in [0.05, 0.1) is 0 Å². The van der Waals surface area contributed by atoms with Gasteiger partial charge in [-0.25, -0.2) is 0 Å². The lowest BCUT2D eigenvalue weighted by Gasteiger charge is -2.16. The first-order chi connectivity index (χ1) is 9.92. The highest BCUT2D eigenvalue weighted by atomic mass is 35.5. The van der Waals surface area contributed by atoms with Gasteiger partial charge in [-0.3, -0.25) is 0 Å². The Hall–Kier alpha value is -1.31. The molecule has 0 saturated heterocycles. The average molecular weight is 302 g/mol. The number of hydrogen-bond donors (Lipinski definition) is 1. The maximum atomic E-state index is 3.53. The van der Waals surface area contributed by atoms with E-state index in [4.69, 9.17) is 0 Å². The van der Waals surface area contributed by atoms with Crippen molar-refractivity contribution in [3.63, 3.8) is 0 Å². The highest BCUT2D eigenvalue weighted by Crippen LogP contribution is 2.22. The standard InChI is InChI=1S/C19H23N.ClH/c1-2-6-17(7-3-1)15-20-13-12-16-10-11-18-8-4-5-9-19(18)14-16;/h1-3,6-7,10-11,14,20H,4-5,8-9,12-13,15H2;1H. The summed E-state index contributed by atoms with van der Waals surface area (Å²) in [5, 5.41) is 3.53. The van der Waals surface area contributed by atoms with Gasteiger partial charge in [0.15, 0.2) is 0 Å². The molecule has 0 bridgehead atoms. The SMILES string of the molecule is Cl.c1ccc(CNCCc2ccc3c(c2)CCCC3)cc1. The summed E-state index contributed by atoms with van der Waals surface area (Å²) in [6, 6.07) is 17.7. The molecule has 0 atom stereocenters. The fourth-order valence-electron chi connectivity index (χ4n) is 3.00. The van der Waals surface area contributed by atoms with E-state index >= 15 is 0 Å². The number of rotatable bonds is 5. The lowest BCUT2D eigenvalue weighted by Crippen LogP contribution is -2.16. The highest BCUT2D eigenvalue weighted by Gasteiger charge is 2.09. The zero-order valence-electron chi connectivity index (χ0n) is 12.5. The molecule has 1 nitrogen and oxygen atoms in total. The monoisotopic (exact) mass is 301 g/mol. The maximum Gasteiger partial charge on any atom is 0.0205 e. The molecule has 2 heteroatoms. The van der Waals surface area contributed by atoms with Crippen LogP contribution in [0.3, 0.4) is 0 Å². The molecule has 21 heavy (non-hydrogen) atoms. The molecule has 2 aromatic rings. The summed E-state index contributed by atoms with van der Waals surface area (Å²) < 4.78 is 0. The van der Waals surface area contributed by atoms with Gasteiger partial charge in [0.25, 0.3) is 0 Å². The Morgan fingerprint density at radius 2 is 1.57 bits per heavy atom. The minimum Gasteiger partial charge on any atom is -0.312 e. The average Bonchev–Trinajstić information content (AvgIpc) is 2.52. The molecule has 0 aromatic heterocycles. The largest absolute Gasteiger partial charge is 0.312 e. The Kier molecular flexibility index (Phi) is 6.28. The summed E-state index contributed by atoms with van der Waals surface area (Å²) in [6.07, 6.45) is 6.41. The van der Waals surface area contributed by atoms with Crippen LogP contribution in [0.15, 0.2) is 48.5 Å². The summed E-state index contributed by atoms with van der Waals surface area (Å²) in [5.41, 5.74) is 6.01. The van der Waals surface area contributed by atoms with E-state index in [9.17, 15) is 0 Å². The number of benzene rings is 2. The predicted molar refractivity (Wildman–Crippen MR) is 92.2 cm³/mol. The minimum atomic E-state index is 0. The van der Waals surface area contributed by atoms with Crippen molar-refractivity contribution in [2.75, 3.05) is 6.54 Å². The molecule has 1 aliphatic carbocycles. The molecule has 0 aliphatic heterocycles. The minimum absolute atomic E-state index is 0. The first-order valence-corrected chi connectivity index (χ1v) is 7.77. The summed E-state index contributed by atoms with van der Waals surface area (Å²) in [7, 11) is 0. The van der Waals surface area contributed by atoms with Gasteiger partial charge in [-0.2, -0.15) is 0 Å². The van der Waals surface area contributed by atoms with Crippen molar-refractivity contribution in [1.82, 2.24) is 5.32 Å². The lowest BCUT2D eigenvalue weighted by atomic mass is 9.90. The third-order valence-electron chi connectivity index (χ3n) is 4.18. The Balaban J connectivity index is 0.00000161. The van der Waals surface area contributed by atoms with Crippen molar-refractivity contribution in [2.45, 2.75) is 38.6 Å². The Morgan fingerprint density at radius 1 is 0.810 bits per heavy atom. The topological polar surface area (TPSA) is 12.0 Å². The smallest absolute Gasteiger partial charge is 0.0205 e. The first kappa shape index (κ1) is 16.1. The van der Waals surface area contributed by atoms with Gasteiger partial charge >= 0.3 is 0 Å². The van der Waals surface area contributed by atoms with Gasteiger partial charge < -0.3 is 5.32 Å². The van der Waals surface area contributed by atoms with Crippen molar-refractivity contribution in [1.29, 1.82) is 0 Å². The van der Waals surface area contributed by atoms with Crippen molar-refractivity contribution in [2.24, 2.45) is 0 Å². The molecule has 112 valence electrons. The Morgan fingerprint density at radius 3 is 2.38 bits per heavy atom. The van der Waals surface area contributed by atoms with Crippen LogP contribution in [0.4, 0.5) is 0 Å². The van der Waals surface area contributed by atoms with Gasteiger partial charge in [0.2, 0.25) is 0 Å². The van der Waals surface area contributed by atoms with Crippen LogP contribution < -0.4 is 5.32 Å². The van der Waals surface area contributed by atoms with E-state index in [0.717, 1.165) is 19.5 Å². The lowest BCUT2D eigenvalue weighted by molar-refractivity contribution is 0.674. The third-order valence-corrected chi connectivity index (χ3v) is 4.18. The second-order valence-electron chi connectivity index (χ2n) is 5.72. The van der Waals surface area contributed by atoms with Crippen molar-refractivity contribution >= 4 is 12.4 Å². The number of halogens is 1. The van der Waals surface area contributed by atoms with Crippen molar-refractivity contribution in [3.8, 4) is 0 Å². The third kappa shape index (κ3) is 4.59. The van der Waals surface area contributed by atoms with Gasteiger partial charge in [-0.05, 0) is 60.9 Å². The van der Waals surface area contributed by atoms with Crippen LogP contribution in [0, 0.1) is 0 Å². The first-order valence-electron chi connectivity index (χ1n) is 7.77. The Bertz CT molecular complexity index is 551. The molecule has 2 aromatic carbocycles. The van der Waals surface area contributed by atoms with Crippen LogP contribution in [-0.2, 0) is 25.8 Å². The van der Waals surface area contributed by atoms with E-state index < -0.39 is 0 Å². The van der Waals surface area contributed by atoms with Gasteiger partial charge in [-0.15, -0.1) is 12.4 Å². The molecule has 0 unspecified atom stereocenters. The van der Waals surface area contributed by atoms with Gasteiger partial charge in [0, 0.05) is 6.54 Å². The van der Waals surface area contributed by atoms with E-state index in [1.54, 1.807) is 11.1 Å². The van der Waals surface area contributed by atoms with E-state index in [0.29, 0.717) is 0 Å². The van der Waals surface area contributed by atoms with E-state index in [-0.39, 0.29) is 12.4 Å². The zero-order valence-corrected chi connectivity index (χ0v) is 13.3. The molecule has 0 spiro atoms. The summed E-state index contributed by atoms with van der Waals surface area (Å²) in [5.74, 6) is 0. The zero-order chi connectivity index (χ0) is 13.6. The molecule has 0 radical (unpaired) electrons. The molecule has 1 N–H and O–H groups in total. The number of fused-ring (bicyclic) bond motifs is 1. The Labute approximate surface area is 134 Å². The van der Waals surface area contributed by atoms with Crippen LogP contribution in [0.1, 0.15) is 35.1 Å². The second kappa shape index (κ2) is 8.21. The molecule has 1 aliphatic rings. The molecule has 0 heterocycles. The van der Waals surface area contributed by atoms with E-state index in [1.807, 2.05) is 0 Å². The fourth-order valence-corrected chi connectivity index (χ4v) is 3.00. The van der Waals surface area contributed by atoms with E-state index in [2.05, 4.69) is 53.8 Å². The summed E-state index contributed by atoms with van der Waals surface area (Å²) in [4.78, 5) is 0. The quantitative estimate of drug-likeness (QED) is 0.811. The van der Waals surface area contributed by atoms with Crippen molar-refractivity contribution < 1.29 is 0 Å². The molecular weight excluding hydrogens is 278 g/mol. The van der Waals surface area contributed by atoms with Crippen molar-refractivity contribution in [3.05, 3.63) is 70.8 Å². The highest BCUT2D eigenvalue weighted by molar-refractivity contribution is 5.85. The van der Waals surface area contributed by atoms with Crippen LogP contribution in [0.5, 0.6) is 0 Å². The van der Waals surface area contributed by atoms with Gasteiger partial charge in [-0.1, -0.05) is 48.5 Å².